The van der Waals surface area contributed by atoms with Crippen molar-refractivity contribution in [2.45, 2.75) is 63.6 Å². The number of sulfonamides is 1. The lowest BCUT2D eigenvalue weighted by Gasteiger charge is -2.33. The van der Waals surface area contributed by atoms with Crippen molar-refractivity contribution in [3.8, 4) is 0 Å². The second-order valence-corrected chi connectivity index (χ2v) is 11.1. The van der Waals surface area contributed by atoms with Crippen LogP contribution in [0.3, 0.4) is 0 Å². The number of nitrogens with one attached hydrogen (secondary N) is 1. The zero-order valence-electron chi connectivity index (χ0n) is 19.9. The predicted octanol–water partition coefficient (Wildman–Crippen LogP) is 2.94. The highest BCUT2D eigenvalue weighted by molar-refractivity contribution is 7.90. The van der Waals surface area contributed by atoms with Crippen molar-refractivity contribution in [3.05, 3.63) is 65.7 Å². The molecule has 1 aliphatic heterocycles. The van der Waals surface area contributed by atoms with Gasteiger partial charge in [-0.25, -0.2) is 12.7 Å². The van der Waals surface area contributed by atoms with Crippen molar-refractivity contribution in [2.75, 3.05) is 6.54 Å². The van der Waals surface area contributed by atoms with Gasteiger partial charge in [-0.3, -0.25) is 14.4 Å². The van der Waals surface area contributed by atoms with E-state index in [1.807, 2.05) is 58.0 Å². The monoisotopic (exact) mass is 485 g/mol. The zero-order valence-corrected chi connectivity index (χ0v) is 20.8. The molecule has 2 aromatic rings. The molecule has 0 fully saturated rings. The van der Waals surface area contributed by atoms with Gasteiger partial charge in [-0.15, -0.1) is 0 Å². The Morgan fingerprint density at radius 1 is 1.03 bits per heavy atom. The summed E-state index contributed by atoms with van der Waals surface area (Å²) < 4.78 is 26.4. The summed E-state index contributed by atoms with van der Waals surface area (Å²) in [5, 5.41) is 2.93. The summed E-state index contributed by atoms with van der Waals surface area (Å²) in [6.07, 6.45) is 0.151. The maximum atomic E-state index is 13.4. The fourth-order valence-electron chi connectivity index (χ4n) is 3.95. The van der Waals surface area contributed by atoms with Crippen LogP contribution in [0.25, 0.3) is 0 Å². The molecular weight excluding hydrogens is 454 g/mol. The van der Waals surface area contributed by atoms with E-state index in [1.54, 1.807) is 12.1 Å². The number of hydrogen-bond acceptors (Lipinski definition) is 5. The third-order valence-electron chi connectivity index (χ3n) is 5.52. The van der Waals surface area contributed by atoms with Gasteiger partial charge in [0.2, 0.25) is 11.8 Å². The molecule has 34 heavy (non-hydrogen) atoms. The number of fused-ring (bicyclic) bond motifs is 1. The van der Waals surface area contributed by atoms with Gasteiger partial charge in [0.05, 0.1) is 5.56 Å². The molecule has 0 spiro atoms. The number of hydrogen-bond donors (Lipinski definition) is 1. The molecule has 9 heteroatoms. The Morgan fingerprint density at radius 2 is 1.65 bits per heavy atom. The summed E-state index contributed by atoms with van der Waals surface area (Å²) in [6, 6.07) is 14.5. The zero-order chi connectivity index (χ0) is 25.1. The van der Waals surface area contributed by atoms with E-state index < -0.39 is 33.4 Å². The minimum absolute atomic E-state index is 0.0513. The maximum Gasteiger partial charge on any atom is 0.269 e. The lowest BCUT2D eigenvalue weighted by molar-refractivity contribution is -0.142. The second kappa shape index (κ2) is 9.97. The van der Waals surface area contributed by atoms with Crippen LogP contribution in [0.1, 0.15) is 56.5 Å². The van der Waals surface area contributed by atoms with Gasteiger partial charge in [-0.1, -0.05) is 49.4 Å². The molecule has 0 aliphatic carbocycles. The first-order chi connectivity index (χ1) is 16.0. The highest BCUT2D eigenvalue weighted by Gasteiger charge is 2.41. The Balaban J connectivity index is 1.83. The van der Waals surface area contributed by atoms with Crippen molar-refractivity contribution < 1.29 is 22.8 Å². The first-order valence-electron chi connectivity index (χ1n) is 11.3. The molecule has 1 atom stereocenters. The molecule has 0 saturated carbocycles. The molecule has 1 heterocycles. The van der Waals surface area contributed by atoms with E-state index in [-0.39, 0.29) is 35.9 Å². The number of benzene rings is 2. The van der Waals surface area contributed by atoms with Crippen molar-refractivity contribution in [2.24, 2.45) is 0 Å². The van der Waals surface area contributed by atoms with Crippen molar-refractivity contribution in [1.82, 2.24) is 14.5 Å². The molecule has 0 saturated heterocycles. The molecule has 0 unspecified atom stereocenters. The van der Waals surface area contributed by atoms with Gasteiger partial charge in [0.15, 0.2) is 0 Å². The Labute approximate surface area is 201 Å². The summed E-state index contributed by atoms with van der Waals surface area (Å²) in [6.45, 7) is 7.31. The highest BCUT2D eigenvalue weighted by atomic mass is 32.2. The van der Waals surface area contributed by atoms with Gasteiger partial charge in [-0.2, -0.15) is 0 Å². The summed E-state index contributed by atoms with van der Waals surface area (Å²) >= 11 is 0. The van der Waals surface area contributed by atoms with E-state index in [2.05, 4.69) is 5.32 Å². The van der Waals surface area contributed by atoms with E-state index in [9.17, 15) is 22.8 Å². The molecule has 1 aliphatic rings. The average Bonchev–Trinajstić information content (AvgIpc) is 2.97. The summed E-state index contributed by atoms with van der Waals surface area (Å²) in [5.41, 5.74) is 0.468. The summed E-state index contributed by atoms with van der Waals surface area (Å²) in [4.78, 5) is 40.5. The predicted molar refractivity (Wildman–Crippen MR) is 128 cm³/mol. The molecular formula is C25H31N3O5S. The maximum absolute atomic E-state index is 13.4. The van der Waals surface area contributed by atoms with Crippen LogP contribution in [0.2, 0.25) is 0 Å². The van der Waals surface area contributed by atoms with Crippen molar-refractivity contribution in [3.63, 3.8) is 0 Å². The van der Waals surface area contributed by atoms with Gasteiger partial charge in [0.1, 0.15) is 10.9 Å². The highest BCUT2D eigenvalue weighted by Crippen LogP contribution is 2.30. The normalized spacial score (nSPS) is 15.5. The molecule has 3 amide bonds. The number of carbonyl (C=O) groups excluding carboxylic acids is 3. The Kier molecular flexibility index (Phi) is 7.45. The molecule has 0 aromatic heterocycles. The lowest BCUT2D eigenvalue weighted by atomic mass is 10.1. The van der Waals surface area contributed by atoms with Crippen LogP contribution in [-0.2, 0) is 26.2 Å². The molecule has 0 bridgehead atoms. The van der Waals surface area contributed by atoms with Crippen LogP contribution in [0.15, 0.2) is 59.5 Å². The average molecular weight is 486 g/mol. The van der Waals surface area contributed by atoms with Crippen LogP contribution in [-0.4, -0.2) is 53.5 Å². The molecule has 3 rings (SSSR count). The van der Waals surface area contributed by atoms with Gasteiger partial charge in [0.25, 0.3) is 15.9 Å². The fraction of sp³-hybridized carbons (Fsp3) is 0.400. The van der Waals surface area contributed by atoms with E-state index in [1.165, 1.54) is 17.0 Å². The Morgan fingerprint density at radius 3 is 2.24 bits per heavy atom. The van der Waals surface area contributed by atoms with Crippen LogP contribution < -0.4 is 5.32 Å². The minimum atomic E-state index is -4.01. The Hall–Kier alpha value is -3.20. The lowest BCUT2D eigenvalue weighted by Crippen LogP contribution is -2.53. The minimum Gasteiger partial charge on any atom is -0.350 e. The van der Waals surface area contributed by atoms with Gasteiger partial charge in [-0.05, 0) is 44.9 Å². The third kappa shape index (κ3) is 5.47. The molecule has 0 radical (unpaired) electrons. The number of amides is 3. The largest absolute Gasteiger partial charge is 0.350 e. The SMILES string of the molecule is CC[C@H](C(=O)NC(C)(C)C)N(Cc1ccccc1)C(=O)CCN1C(=O)c2ccccc2S1(=O)=O. The van der Waals surface area contributed by atoms with Crippen LogP contribution in [0.5, 0.6) is 0 Å². The van der Waals surface area contributed by atoms with E-state index in [0.29, 0.717) is 6.42 Å². The van der Waals surface area contributed by atoms with Crippen LogP contribution in [0.4, 0.5) is 0 Å². The summed E-state index contributed by atoms with van der Waals surface area (Å²) in [7, 11) is -4.01. The topological polar surface area (TPSA) is 104 Å². The number of carbonyl (C=O) groups is 3. The van der Waals surface area contributed by atoms with E-state index in [0.717, 1.165) is 9.87 Å². The molecule has 8 nitrogen and oxygen atoms in total. The van der Waals surface area contributed by atoms with Gasteiger partial charge < -0.3 is 10.2 Å². The van der Waals surface area contributed by atoms with E-state index >= 15 is 0 Å². The van der Waals surface area contributed by atoms with Crippen LogP contribution in [0, 0.1) is 0 Å². The van der Waals surface area contributed by atoms with Crippen LogP contribution >= 0.6 is 0 Å². The fourth-order valence-corrected chi connectivity index (χ4v) is 5.52. The second-order valence-electron chi connectivity index (χ2n) is 9.30. The number of rotatable bonds is 8. The molecule has 1 N–H and O–H groups in total. The first-order valence-corrected chi connectivity index (χ1v) is 12.7. The third-order valence-corrected chi connectivity index (χ3v) is 7.36. The van der Waals surface area contributed by atoms with Gasteiger partial charge >= 0.3 is 0 Å². The quantitative estimate of drug-likeness (QED) is 0.619. The molecule has 182 valence electrons. The first kappa shape index (κ1) is 25.4. The van der Waals surface area contributed by atoms with Crippen molar-refractivity contribution in [1.29, 1.82) is 0 Å². The molecule has 2 aromatic carbocycles. The number of nitrogens with zero attached hydrogens (tertiary/aromatic N) is 2. The Bertz CT molecular complexity index is 1170. The van der Waals surface area contributed by atoms with Crippen molar-refractivity contribution >= 4 is 27.7 Å². The standard InChI is InChI=1S/C25H31N3O5S/c1-5-20(23(30)26-25(2,3)4)27(17-18-11-7-6-8-12-18)22(29)15-16-28-24(31)19-13-9-10-14-21(19)34(28,32)33/h6-14,20H,5,15-17H2,1-4H3,(H,26,30)/t20-/m1/s1. The van der Waals surface area contributed by atoms with E-state index in [4.69, 9.17) is 0 Å². The van der Waals surface area contributed by atoms with Gasteiger partial charge in [0, 0.05) is 25.0 Å². The smallest absolute Gasteiger partial charge is 0.269 e. The summed E-state index contributed by atoms with van der Waals surface area (Å²) in [5.74, 6) is -1.33.